The van der Waals surface area contributed by atoms with Gasteiger partial charge in [-0.05, 0) is 43.3 Å². The summed E-state index contributed by atoms with van der Waals surface area (Å²) in [6.45, 7) is 6.78. The van der Waals surface area contributed by atoms with Crippen LogP contribution in [0.4, 0.5) is 11.6 Å². The third kappa shape index (κ3) is 3.03. The minimum Gasteiger partial charge on any atom is -0.457 e. The molecule has 4 aromatic rings. The number of benzene rings is 2. The second-order valence-corrected chi connectivity index (χ2v) is 7.79. The van der Waals surface area contributed by atoms with Crippen molar-refractivity contribution in [1.29, 1.82) is 0 Å². The molecule has 1 aliphatic heterocycles. The third-order valence-electron chi connectivity index (χ3n) is 5.83. The Hall–Kier alpha value is -4.07. The number of hydrogen-bond acceptors (Lipinski definition) is 5. The molecule has 0 amide bonds. The Labute approximate surface area is 184 Å². The van der Waals surface area contributed by atoms with Gasteiger partial charge in [-0.25, -0.2) is 4.79 Å². The Kier molecular flexibility index (Phi) is 4.70. The van der Waals surface area contributed by atoms with Gasteiger partial charge < -0.3 is 14.2 Å². The van der Waals surface area contributed by atoms with Gasteiger partial charge in [-0.15, -0.1) is 6.58 Å². The number of hydrogen-bond donors (Lipinski definition) is 0. The van der Waals surface area contributed by atoms with Crippen molar-refractivity contribution in [3.8, 4) is 11.5 Å². The number of para-hydroxylation sites is 1. The zero-order valence-corrected chi connectivity index (χ0v) is 17.9. The molecule has 8 heteroatoms. The van der Waals surface area contributed by atoms with E-state index >= 15 is 0 Å². The molecule has 0 saturated heterocycles. The maximum atomic E-state index is 13.2. The van der Waals surface area contributed by atoms with E-state index in [0.29, 0.717) is 30.2 Å². The first-order valence-corrected chi connectivity index (χ1v) is 10.4. The summed E-state index contributed by atoms with van der Waals surface area (Å²) in [5.74, 6) is 2.15. The van der Waals surface area contributed by atoms with Crippen molar-refractivity contribution in [2.75, 3.05) is 11.4 Å². The van der Waals surface area contributed by atoms with Crippen molar-refractivity contribution in [1.82, 2.24) is 18.7 Å². The van der Waals surface area contributed by atoms with Gasteiger partial charge in [0.1, 0.15) is 11.5 Å². The van der Waals surface area contributed by atoms with E-state index in [1.165, 1.54) is 9.13 Å². The van der Waals surface area contributed by atoms with Crippen LogP contribution in [0.25, 0.3) is 11.2 Å². The number of aryl methyl sites for hydroxylation is 1. The largest absolute Gasteiger partial charge is 0.457 e. The number of aromatic nitrogens is 4. The molecule has 1 atom stereocenters. The summed E-state index contributed by atoms with van der Waals surface area (Å²) >= 11 is 0. The number of anilines is 2. The first-order valence-electron chi connectivity index (χ1n) is 10.4. The predicted octanol–water partition coefficient (Wildman–Crippen LogP) is 3.59. The van der Waals surface area contributed by atoms with Crippen LogP contribution >= 0.6 is 0 Å². The summed E-state index contributed by atoms with van der Waals surface area (Å²) in [4.78, 5) is 32.7. The number of rotatable bonds is 5. The molecule has 162 valence electrons. The molecule has 1 aliphatic rings. The molecule has 3 heterocycles. The smallest absolute Gasteiger partial charge is 0.333 e. The van der Waals surface area contributed by atoms with Crippen molar-refractivity contribution in [3.05, 3.63) is 88.1 Å². The number of imidazole rings is 1. The van der Waals surface area contributed by atoms with Gasteiger partial charge in [0.15, 0.2) is 11.2 Å². The lowest BCUT2D eigenvalue weighted by Crippen LogP contribution is -2.40. The molecular formula is C24H23N5O3. The summed E-state index contributed by atoms with van der Waals surface area (Å²) < 4.78 is 10.4. The van der Waals surface area contributed by atoms with E-state index in [1.807, 2.05) is 64.1 Å². The Bertz CT molecular complexity index is 1430. The molecule has 2 aromatic carbocycles. The average molecular weight is 429 g/mol. The molecule has 0 radical (unpaired) electrons. The number of fused-ring (bicyclic) bond motifs is 3. The van der Waals surface area contributed by atoms with Crippen molar-refractivity contribution in [2.24, 2.45) is 7.05 Å². The highest BCUT2D eigenvalue weighted by atomic mass is 16.5. The van der Waals surface area contributed by atoms with E-state index in [4.69, 9.17) is 4.74 Å². The second-order valence-electron chi connectivity index (χ2n) is 7.79. The number of nitrogens with zero attached hydrogens (tertiary/aromatic N) is 5. The highest BCUT2D eigenvalue weighted by Gasteiger charge is 2.29. The van der Waals surface area contributed by atoms with Gasteiger partial charge in [0, 0.05) is 25.8 Å². The van der Waals surface area contributed by atoms with Gasteiger partial charge in [0.05, 0.1) is 6.04 Å². The molecule has 8 nitrogen and oxygen atoms in total. The van der Waals surface area contributed by atoms with Gasteiger partial charge >= 0.3 is 5.69 Å². The van der Waals surface area contributed by atoms with E-state index in [-0.39, 0.29) is 5.56 Å². The Balaban J connectivity index is 1.54. The average Bonchev–Trinajstić information content (AvgIpc) is 3.38. The summed E-state index contributed by atoms with van der Waals surface area (Å²) in [5, 5.41) is 0. The molecule has 0 saturated carbocycles. The van der Waals surface area contributed by atoms with E-state index in [2.05, 4.69) is 11.6 Å². The fourth-order valence-corrected chi connectivity index (χ4v) is 4.07. The van der Waals surface area contributed by atoms with Crippen LogP contribution in [0, 0.1) is 0 Å². The molecule has 0 fully saturated rings. The van der Waals surface area contributed by atoms with Crippen molar-refractivity contribution in [2.45, 2.75) is 19.5 Å². The van der Waals surface area contributed by atoms with Crippen LogP contribution in [0.15, 0.2) is 76.8 Å². The quantitative estimate of drug-likeness (QED) is 0.453. The normalized spacial score (nSPS) is 13.9. The summed E-state index contributed by atoms with van der Waals surface area (Å²) in [5.41, 5.74) is 1.01. The van der Waals surface area contributed by atoms with Gasteiger partial charge in [0.25, 0.3) is 5.56 Å². The Morgan fingerprint density at radius 1 is 1.03 bits per heavy atom. The molecule has 0 N–H and O–H groups in total. The summed E-state index contributed by atoms with van der Waals surface area (Å²) in [6.07, 6.45) is 1.58. The van der Waals surface area contributed by atoms with Crippen molar-refractivity contribution >= 4 is 22.8 Å². The van der Waals surface area contributed by atoms with E-state index in [1.54, 1.807) is 20.0 Å². The summed E-state index contributed by atoms with van der Waals surface area (Å²) in [6, 6.07) is 16.9. The fraction of sp³-hybridized carbons (Fsp3) is 0.208. The molecular weight excluding hydrogens is 406 g/mol. The Morgan fingerprint density at radius 2 is 1.72 bits per heavy atom. The highest BCUT2D eigenvalue weighted by Crippen LogP contribution is 2.33. The van der Waals surface area contributed by atoms with Crippen LogP contribution in [0.5, 0.6) is 11.5 Å². The van der Waals surface area contributed by atoms with Crippen LogP contribution < -0.4 is 20.9 Å². The van der Waals surface area contributed by atoms with Crippen molar-refractivity contribution < 1.29 is 4.74 Å². The predicted molar refractivity (Wildman–Crippen MR) is 124 cm³/mol. The lowest BCUT2D eigenvalue weighted by Gasteiger charge is -2.16. The number of allylic oxidation sites excluding steroid dienone is 1. The molecule has 2 aromatic heterocycles. The monoisotopic (exact) mass is 429 g/mol. The lowest BCUT2D eigenvalue weighted by atomic mass is 10.2. The van der Waals surface area contributed by atoms with Crippen LogP contribution in [-0.2, 0) is 13.6 Å². The van der Waals surface area contributed by atoms with E-state index < -0.39 is 11.7 Å². The van der Waals surface area contributed by atoms with E-state index in [9.17, 15) is 9.59 Å². The molecule has 1 unspecified atom stereocenters. The lowest BCUT2D eigenvalue weighted by molar-refractivity contribution is 0.482. The Morgan fingerprint density at radius 3 is 2.41 bits per heavy atom. The molecule has 0 spiro atoms. The zero-order chi connectivity index (χ0) is 22.4. The minimum atomic E-state index is -0.411. The molecule has 0 bridgehead atoms. The topological polar surface area (TPSA) is 74.3 Å². The molecule has 5 rings (SSSR count). The van der Waals surface area contributed by atoms with Crippen LogP contribution in [0.1, 0.15) is 13.0 Å². The van der Waals surface area contributed by atoms with Gasteiger partial charge in [-0.3, -0.25) is 13.9 Å². The van der Waals surface area contributed by atoms with Gasteiger partial charge in [0.2, 0.25) is 5.95 Å². The highest BCUT2D eigenvalue weighted by molar-refractivity contribution is 5.77. The van der Waals surface area contributed by atoms with Crippen LogP contribution in [0.3, 0.4) is 0 Å². The summed E-state index contributed by atoms with van der Waals surface area (Å²) in [7, 11) is 1.64. The molecule has 32 heavy (non-hydrogen) atoms. The SMILES string of the molecule is C=CC(C)n1c(=O)c2c(nc3n2CCN3c2ccc(Oc3ccccc3)cc2)n(C)c1=O. The molecule has 0 aliphatic carbocycles. The van der Waals surface area contributed by atoms with Gasteiger partial charge in [-0.1, -0.05) is 24.3 Å². The van der Waals surface area contributed by atoms with E-state index in [0.717, 1.165) is 17.2 Å². The first-order chi connectivity index (χ1) is 15.5. The van der Waals surface area contributed by atoms with Crippen LogP contribution in [-0.4, -0.2) is 25.2 Å². The maximum absolute atomic E-state index is 13.2. The number of ether oxygens (including phenoxy) is 1. The zero-order valence-electron chi connectivity index (χ0n) is 17.9. The first kappa shape index (κ1) is 19.9. The second kappa shape index (κ2) is 7.56. The standard InChI is InChI=1S/C24H23N5O3/c1-4-16(2)29-22(30)20-21(26(3)24(29)31)25-23-27(14-15-28(20)23)17-10-12-19(13-11-17)32-18-8-6-5-7-9-18/h4-13,16H,1,14-15H2,2-3H3. The minimum absolute atomic E-state index is 0.345. The van der Waals surface area contributed by atoms with Gasteiger partial charge in [-0.2, -0.15) is 4.98 Å². The van der Waals surface area contributed by atoms with Crippen LogP contribution in [0.2, 0.25) is 0 Å². The fourth-order valence-electron chi connectivity index (χ4n) is 4.07. The maximum Gasteiger partial charge on any atom is 0.333 e. The van der Waals surface area contributed by atoms with Crippen molar-refractivity contribution in [3.63, 3.8) is 0 Å². The third-order valence-corrected chi connectivity index (χ3v) is 5.83.